The smallest absolute Gasteiger partial charge is 0.343 e. The molecule has 1 rings (SSSR count). The Bertz CT molecular complexity index is 582. The van der Waals surface area contributed by atoms with Gasteiger partial charge in [-0.25, -0.2) is 14.4 Å². The molecule has 0 aliphatic heterocycles. The van der Waals surface area contributed by atoms with Crippen LogP contribution in [0.15, 0.2) is 16.5 Å². The fourth-order valence-electron chi connectivity index (χ4n) is 2.00. The molecule has 0 aliphatic carbocycles. The van der Waals surface area contributed by atoms with Gasteiger partial charge in [0.15, 0.2) is 11.5 Å². The van der Waals surface area contributed by atoms with Crippen LogP contribution in [-0.4, -0.2) is 43.5 Å². The summed E-state index contributed by atoms with van der Waals surface area (Å²) in [5.41, 5.74) is -2.57. The first-order valence-electron chi connectivity index (χ1n) is 7.49. The van der Waals surface area contributed by atoms with Crippen molar-refractivity contribution in [2.24, 2.45) is 0 Å². The fraction of sp³-hybridized carbons (Fsp3) is 0.500. The average molecular weight is 340 g/mol. The lowest BCUT2D eigenvalue weighted by atomic mass is 9.85. The molecule has 1 aromatic heterocycles. The molecule has 0 unspecified atom stereocenters. The molecule has 0 amide bonds. The number of esters is 3. The standard InChI is InChI=1S/C16H20O8/c1-5-21-13(18)16(14(19)22-6-2,15(20)23-7-3)12-9-8-11(24-12)10(4)17/h8-9H,5-7H2,1-4H3. The molecular formula is C16H20O8. The molecule has 8 heteroatoms. The molecule has 1 heterocycles. The van der Waals surface area contributed by atoms with Gasteiger partial charge in [0.2, 0.25) is 0 Å². The van der Waals surface area contributed by atoms with Crippen LogP contribution in [0.5, 0.6) is 0 Å². The van der Waals surface area contributed by atoms with E-state index in [1.54, 1.807) is 0 Å². The Kier molecular flexibility index (Phi) is 6.69. The number of Topliss-reactive ketones (excluding diaryl/α,β-unsaturated/α-hetero) is 1. The molecule has 0 N–H and O–H groups in total. The molecule has 0 radical (unpaired) electrons. The molecule has 0 saturated heterocycles. The first-order valence-corrected chi connectivity index (χ1v) is 7.49. The van der Waals surface area contributed by atoms with Crippen LogP contribution in [0.2, 0.25) is 0 Å². The number of hydrogen-bond acceptors (Lipinski definition) is 8. The summed E-state index contributed by atoms with van der Waals surface area (Å²) in [4.78, 5) is 49.0. The summed E-state index contributed by atoms with van der Waals surface area (Å²) in [6, 6.07) is 2.44. The van der Waals surface area contributed by atoms with Gasteiger partial charge in [0.1, 0.15) is 5.76 Å². The van der Waals surface area contributed by atoms with Crippen molar-refractivity contribution in [3.63, 3.8) is 0 Å². The zero-order valence-corrected chi connectivity index (χ0v) is 14.0. The number of carbonyl (C=O) groups is 4. The van der Waals surface area contributed by atoms with Gasteiger partial charge >= 0.3 is 23.3 Å². The van der Waals surface area contributed by atoms with Crippen molar-refractivity contribution in [3.8, 4) is 0 Å². The SMILES string of the molecule is CCOC(=O)C(C(=O)OCC)(C(=O)OCC)c1ccc(C(C)=O)o1. The largest absolute Gasteiger partial charge is 0.464 e. The number of ketones is 1. The van der Waals surface area contributed by atoms with Crippen molar-refractivity contribution in [2.75, 3.05) is 19.8 Å². The van der Waals surface area contributed by atoms with Gasteiger partial charge in [0.05, 0.1) is 19.8 Å². The van der Waals surface area contributed by atoms with Gasteiger partial charge in [0, 0.05) is 6.92 Å². The number of furan rings is 1. The summed E-state index contributed by atoms with van der Waals surface area (Å²) in [5.74, 6) is -4.51. The highest BCUT2D eigenvalue weighted by Gasteiger charge is 2.61. The van der Waals surface area contributed by atoms with Crippen molar-refractivity contribution < 1.29 is 37.8 Å². The van der Waals surface area contributed by atoms with Crippen LogP contribution in [0.1, 0.15) is 44.0 Å². The molecule has 24 heavy (non-hydrogen) atoms. The van der Waals surface area contributed by atoms with Gasteiger partial charge < -0.3 is 18.6 Å². The van der Waals surface area contributed by atoms with Crippen molar-refractivity contribution >= 4 is 23.7 Å². The van der Waals surface area contributed by atoms with Gasteiger partial charge in [-0.05, 0) is 32.9 Å². The maximum atomic E-state index is 12.5. The van der Waals surface area contributed by atoms with E-state index in [-0.39, 0.29) is 31.3 Å². The van der Waals surface area contributed by atoms with Crippen LogP contribution < -0.4 is 0 Å². The van der Waals surface area contributed by atoms with Crippen molar-refractivity contribution in [1.82, 2.24) is 0 Å². The molecule has 0 aromatic carbocycles. The highest BCUT2D eigenvalue weighted by molar-refractivity contribution is 6.23. The van der Waals surface area contributed by atoms with Crippen LogP contribution in [0.4, 0.5) is 0 Å². The summed E-state index contributed by atoms with van der Waals surface area (Å²) in [6.07, 6.45) is 0. The molecule has 0 aliphatic rings. The average Bonchev–Trinajstić information content (AvgIpc) is 2.99. The van der Waals surface area contributed by atoms with E-state index in [1.165, 1.54) is 39.8 Å². The topological polar surface area (TPSA) is 109 Å². The predicted octanol–water partition coefficient (Wildman–Crippen LogP) is 1.41. The summed E-state index contributed by atoms with van der Waals surface area (Å²) in [7, 11) is 0. The van der Waals surface area contributed by atoms with Gasteiger partial charge in [-0.2, -0.15) is 0 Å². The number of hydrogen-bond donors (Lipinski definition) is 0. The monoisotopic (exact) mass is 340 g/mol. The van der Waals surface area contributed by atoms with E-state index in [2.05, 4.69) is 0 Å². The van der Waals surface area contributed by atoms with Gasteiger partial charge in [0.25, 0.3) is 0 Å². The van der Waals surface area contributed by atoms with Crippen LogP contribution in [-0.2, 0) is 34.0 Å². The lowest BCUT2D eigenvalue weighted by Crippen LogP contribution is -2.53. The van der Waals surface area contributed by atoms with E-state index in [4.69, 9.17) is 18.6 Å². The lowest BCUT2D eigenvalue weighted by molar-refractivity contribution is -0.176. The number of ether oxygens (including phenoxy) is 3. The Morgan fingerprint density at radius 3 is 1.58 bits per heavy atom. The molecule has 0 spiro atoms. The van der Waals surface area contributed by atoms with Crippen molar-refractivity contribution in [2.45, 2.75) is 33.1 Å². The first-order chi connectivity index (χ1) is 11.4. The zero-order chi connectivity index (χ0) is 18.3. The zero-order valence-electron chi connectivity index (χ0n) is 14.0. The van der Waals surface area contributed by atoms with Gasteiger partial charge in [-0.15, -0.1) is 0 Å². The Balaban J connectivity index is 3.59. The van der Waals surface area contributed by atoms with Crippen LogP contribution in [0, 0.1) is 0 Å². The summed E-state index contributed by atoms with van der Waals surface area (Å²) in [6.45, 7) is 5.54. The molecule has 132 valence electrons. The van der Waals surface area contributed by atoms with Crippen molar-refractivity contribution in [1.29, 1.82) is 0 Å². The summed E-state index contributed by atoms with van der Waals surface area (Å²) >= 11 is 0. The third-order valence-corrected chi connectivity index (χ3v) is 3.07. The second kappa shape index (κ2) is 8.28. The minimum Gasteiger partial charge on any atom is -0.464 e. The second-order valence-electron chi connectivity index (χ2n) is 4.63. The predicted molar refractivity (Wildman–Crippen MR) is 80.3 cm³/mol. The highest BCUT2D eigenvalue weighted by Crippen LogP contribution is 2.32. The van der Waals surface area contributed by atoms with E-state index in [0.29, 0.717) is 0 Å². The molecule has 0 saturated carbocycles. The van der Waals surface area contributed by atoms with E-state index >= 15 is 0 Å². The normalized spacial score (nSPS) is 10.8. The lowest BCUT2D eigenvalue weighted by Gasteiger charge is -2.25. The number of carbonyl (C=O) groups excluding carboxylic acids is 4. The minimum absolute atomic E-state index is 0.0837. The maximum Gasteiger partial charge on any atom is 0.343 e. The van der Waals surface area contributed by atoms with Gasteiger partial charge in [-0.1, -0.05) is 0 Å². The molecule has 0 atom stereocenters. The highest BCUT2D eigenvalue weighted by atomic mass is 16.6. The minimum atomic E-state index is -2.57. The van der Waals surface area contributed by atoms with E-state index in [0.717, 1.165) is 0 Å². The quantitative estimate of drug-likeness (QED) is 0.302. The fourth-order valence-corrected chi connectivity index (χ4v) is 2.00. The molecule has 0 fully saturated rings. The van der Waals surface area contributed by atoms with E-state index in [1.807, 2.05) is 0 Å². The summed E-state index contributed by atoms with van der Waals surface area (Å²) in [5, 5.41) is 0. The Morgan fingerprint density at radius 2 is 1.29 bits per heavy atom. The first kappa shape index (κ1) is 19.4. The van der Waals surface area contributed by atoms with Gasteiger partial charge in [-0.3, -0.25) is 4.79 Å². The van der Waals surface area contributed by atoms with Crippen LogP contribution in [0.3, 0.4) is 0 Å². The maximum absolute atomic E-state index is 12.5. The third kappa shape index (κ3) is 3.47. The molecule has 1 aromatic rings. The van der Waals surface area contributed by atoms with Crippen LogP contribution in [0.25, 0.3) is 0 Å². The van der Waals surface area contributed by atoms with Crippen molar-refractivity contribution in [3.05, 3.63) is 23.7 Å². The molecular weight excluding hydrogens is 320 g/mol. The second-order valence-corrected chi connectivity index (χ2v) is 4.63. The Labute approximate surface area is 139 Å². The van der Waals surface area contributed by atoms with E-state index in [9.17, 15) is 19.2 Å². The third-order valence-electron chi connectivity index (χ3n) is 3.07. The molecule has 8 nitrogen and oxygen atoms in total. The van der Waals surface area contributed by atoms with Crippen LogP contribution >= 0.6 is 0 Å². The van der Waals surface area contributed by atoms with E-state index < -0.39 is 29.1 Å². The number of rotatable bonds is 8. The molecule has 0 bridgehead atoms. The Morgan fingerprint density at radius 1 is 0.875 bits per heavy atom. The summed E-state index contributed by atoms with van der Waals surface area (Å²) < 4.78 is 19.9. The Hall–Kier alpha value is -2.64.